The molecule has 0 saturated carbocycles. The van der Waals surface area contributed by atoms with E-state index in [9.17, 15) is 28.2 Å². The van der Waals surface area contributed by atoms with Crippen LogP contribution in [0.15, 0.2) is 64.8 Å². The molecule has 1 heterocycles. The van der Waals surface area contributed by atoms with Crippen LogP contribution in [0.2, 0.25) is 0 Å². The molecule has 0 atom stereocenters. The normalized spacial score (nSPS) is 12.3. The molecule has 3 N–H and O–H groups in total. The highest BCUT2D eigenvalue weighted by molar-refractivity contribution is 5.97. The number of phenols is 1. The number of halogens is 4. The maximum atomic E-state index is 15.1. The van der Waals surface area contributed by atoms with Crippen molar-refractivity contribution < 1.29 is 37.7 Å². The summed E-state index contributed by atoms with van der Waals surface area (Å²) in [5.41, 5.74) is -0.0872. The fourth-order valence-corrected chi connectivity index (χ4v) is 3.75. The SMILES string of the molecule is Cc1ccc(-n2c(O)c(N=Nc3cccc(C=CC(=O)O)c3O)c3c(F)cc(C(F)(F)F)cc32)cc1C. The standard InChI is InChI=1S/C26H19F4N3O4/c1-13-6-8-17(10-14(13)2)33-20-12-16(26(28,29)30)11-18(27)22(20)23(25(33)37)32-31-19-5-3-4-15(24(19)36)7-9-21(34)35/h3-12,36-37H,1-2H3,(H,34,35). The fourth-order valence-electron chi connectivity index (χ4n) is 3.75. The topological polar surface area (TPSA) is 107 Å². The Morgan fingerprint density at radius 1 is 1.00 bits per heavy atom. The molecule has 7 nitrogen and oxygen atoms in total. The molecule has 0 amide bonds. The van der Waals surface area contributed by atoms with E-state index in [4.69, 9.17) is 5.11 Å². The lowest BCUT2D eigenvalue weighted by atomic mass is 10.1. The molecule has 0 saturated heterocycles. The quantitative estimate of drug-likeness (QED) is 0.148. The second-order valence-electron chi connectivity index (χ2n) is 8.21. The summed E-state index contributed by atoms with van der Waals surface area (Å²) in [6.07, 6.45) is -2.93. The van der Waals surface area contributed by atoms with E-state index >= 15 is 4.39 Å². The summed E-state index contributed by atoms with van der Waals surface area (Å²) in [4.78, 5) is 10.8. The highest BCUT2D eigenvalue weighted by atomic mass is 19.4. The molecule has 4 aromatic rings. The van der Waals surface area contributed by atoms with Gasteiger partial charge in [0.05, 0.1) is 16.5 Å². The molecular weight excluding hydrogens is 494 g/mol. The van der Waals surface area contributed by atoms with Crippen molar-refractivity contribution in [3.05, 3.63) is 82.7 Å². The van der Waals surface area contributed by atoms with Gasteiger partial charge in [0, 0.05) is 17.3 Å². The average molecular weight is 513 g/mol. The van der Waals surface area contributed by atoms with Crippen molar-refractivity contribution in [2.45, 2.75) is 20.0 Å². The van der Waals surface area contributed by atoms with Crippen molar-refractivity contribution in [1.29, 1.82) is 0 Å². The van der Waals surface area contributed by atoms with Crippen molar-refractivity contribution in [3.8, 4) is 17.3 Å². The lowest BCUT2D eigenvalue weighted by molar-refractivity contribution is -0.137. The van der Waals surface area contributed by atoms with Crippen molar-refractivity contribution in [2.24, 2.45) is 10.2 Å². The van der Waals surface area contributed by atoms with Crippen LogP contribution in [0.4, 0.5) is 28.9 Å². The number of aromatic nitrogens is 1. The van der Waals surface area contributed by atoms with E-state index in [1.54, 1.807) is 25.1 Å². The highest BCUT2D eigenvalue weighted by Crippen LogP contribution is 2.45. The van der Waals surface area contributed by atoms with E-state index in [2.05, 4.69) is 10.2 Å². The molecular formula is C26H19F4N3O4. The summed E-state index contributed by atoms with van der Waals surface area (Å²) >= 11 is 0. The van der Waals surface area contributed by atoms with Gasteiger partial charge in [-0.15, -0.1) is 10.2 Å². The van der Waals surface area contributed by atoms with Crippen LogP contribution >= 0.6 is 0 Å². The number of phenolic OH excluding ortho intramolecular Hbond substituents is 1. The van der Waals surface area contributed by atoms with Gasteiger partial charge in [-0.05, 0) is 61.4 Å². The molecule has 1 aromatic heterocycles. The molecule has 0 aliphatic heterocycles. The van der Waals surface area contributed by atoms with Crippen molar-refractivity contribution >= 4 is 34.3 Å². The first kappa shape index (κ1) is 25.4. The Labute approximate surface area is 207 Å². The predicted octanol–water partition coefficient (Wildman–Crippen LogP) is 7.33. The molecule has 190 valence electrons. The number of rotatable bonds is 5. The number of aryl methyl sites for hydroxylation is 2. The van der Waals surface area contributed by atoms with Crippen LogP contribution in [0.5, 0.6) is 11.6 Å². The molecule has 0 bridgehead atoms. The first-order chi connectivity index (χ1) is 17.4. The maximum absolute atomic E-state index is 15.1. The zero-order valence-electron chi connectivity index (χ0n) is 19.4. The average Bonchev–Trinajstić information content (AvgIpc) is 3.10. The molecule has 0 radical (unpaired) electrons. The minimum absolute atomic E-state index is 0.0987. The number of hydrogen-bond acceptors (Lipinski definition) is 5. The third-order valence-electron chi connectivity index (χ3n) is 5.76. The summed E-state index contributed by atoms with van der Waals surface area (Å²) in [6.45, 7) is 3.61. The number of para-hydroxylation sites is 1. The number of aliphatic carboxylic acids is 1. The maximum Gasteiger partial charge on any atom is 0.416 e. The zero-order chi connectivity index (χ0) is 27.1. The minimum atomic E-state index is -4.85. The van der Waals surface area contributed by atoms with Crippen LogP contribution in [0.25, 0.3) is 22.7 Å². The third kappa shape index (κ3) is 4.88. The van der Waals surface area contributed by atoms with Gasteiger partial charge < -0.3 is 15.3 Å². The fraction of sp³-hybridized carbons (Fsp3) is 0.115. The summed E-state index contributed by atoms with van der Waals surface area (Å²) in [7, 11) is 0. The van der Waals surface area contributed by atoms with Gasteiger partial charge in [-0.25, -0.2) is 9.18 Å². The van der Waals surface area contributed by atoms with Crippen LogP contribution in [-0.2, 0) is 11.0 Å². The summed E-state index contributed by atoms with van der Waals surface area (Å²) in [5.74, 6) is -3.63. The van der Waals surface area contributed by atoms with Gasteiger partial charge in [0.2, 0.25) is 5.88 Å². The van der Waals surface area contributed by atoms with E-state index in [-0.39, 0.29) is 22.5 Å². The van der Waals surface area contributed by atoms with Gasteiger partial charge >= 0.3 is 12.1 Å². The number of alkyl halides is 3. The minimum Gasteiger partial charge on any atom is -0.505 e. The molecule has 0 unspecified atom stereocenters. The van der Waals surface area contributed by atoms with Gasteiger partial charge in [0.1, 0.15) is 17.3 Å². The number of azo groups is 1. The predicted molar refractivity (Wildman–Crippen MR) is 128 cm³/mol. The highest BCUT2D eigenvalue weighted by Gasteiger charge is 2.33. The van der Waals surface area contributed by atoms with Gasteiger partial charge in [0.25, 0.3) is 0 Å². The number of hydrogen-bond donors (Lipinski definition) is 3. The monoisotopic (exact) mass is 513 g/mol. The van der Waals surface area contributed by atoms with E-state index in [1.807, 2.05) is 6.92 Å². The van der Waals surface area contributed by atoms with E-state index in [0.29, 0.717) is 12.1 Å². The smallest absolute Gasteiger partial charge is 0.416 e. The lowest BCUT2D eigenvalue weighted by Crippen LogP contribution is -2.06. The Kier molecular flexibility index (Phi) is 6.47. The Hall–Kier alpha value is -4.67. The van der Waals surface area contributed by atoms with Gasteiger partial charge in [0.15, 0.2) is 5.69 Å². The summed E-state index contributed by atoms with van der Waals surface area (Å²) in [5, 5.41) is 37.5. The Bertz CT molecular complexity index is 1600. The molecule has 37 heavy (non-hydrogen) atoms. The lowest BCUT2D eigenvalue weighted by Gasteiger charge is -2.11. The Morgan fingerprint density at radius 3 is 2.38 bits per heavy atom. The third-order valence-corrected chi connectivity index (χ3v) is 5.76. The van der Waals surface area contributed by atoms with Crippen LogP contribution < -0.4 is 0 Å². The van der Waals surface area contributed by atoms with Crippen molar-refractivity contribution in [2.75, 3.05) is 0 Å². The number of fused-ring (bicyclic) bond motifs is 1. The number of carboxylic acid groups (broad SMARTS) is 1. The van der Waals surface area contributed by atoms with E-state index in [1.165, 1.54) is 18.2 Å². The molecule has 0 fully saturated rings. The Morgan fingerprint density at radius 2 is 1.73 bits per heavy atom. The number of nitrogens with zero attached hydrogens (tertiary/aromatic N) is 3. The van der Waals surface area contributed by atoms with Crippen LogP contribution in [0, 0.1) is 19.7 Å². The van der Waals surface area contributed by atoms with Crippen molar-refractivity contribution in [3.63, 3.8) is 0 Å². The second-order valence-corrected chi connectivity index (χ2v) is 8.21. The zero-order valence-corrected chi connectivity index (χ0v) is 19.4. The Balaban J connectivity index is 1.95. The molecule has 4 rings (SSSR count). The number of aromatic hydroxyl groups is 2. The molecule has 11 heteroatoms. The van der Waals surface area contributed by atoms with Gasteiger partial charge in [-0.3, -0.25) is 4.57 Å². The van der Waals surface area contributed by atoms with Crippen molar-refractivity contribution in [1.82, 2.24) is 4.57 Å². The molecule has 0 aliphatic rings. The summed E-state index contributed by atoms with van der Waals surface area (Å²) in [6, 6.07) is 10.1. The van der Waals surface area contributed by atoms with E-state index in [0.717, 1.165) is 27.8 Å². The van der Waals surface area contributed by atoms with E-state index < -0.39 is 46.2 Å². The number of carboxylic acids is 1. The van der Waals surface area contributed by atoms with Crippen LogP contribution in [0.3, 0.4) is 0 Å². The summed E-state index contributed by atoms with van der Waals surface area (Å²) < 4.78 is 56.5. The largest absolute Gasteiger partial charge is 0.505 e. The van der Waals surface area contributed by atoms with Crippen LogP contribution in [-0.4, -0.2) is 25.9 Å². The van der Waals surface area contributed by atoms with Gasteiger partial charge in [-0.1, -0.05) is 18.2 Å². The first-order valence-electron chi connectivity index (χ1n) is 10.7. The first-order valence-corrected chi connectivity index (χ1v) is 10.7. The number of carbonyl (C=O) groups is 1. The molecule has 0 spiro atoms. The van der Waals surface area contributed by atoms with Crippen LogP contribution in [0.1, 0.15) is 22.3 Å². The molecule has 3 aromatic carbocycles. The second kappa shape index (κ2) is 9.41. The van der Waals surface area contributed by atoms with Gasteiger partial charge in [-0.2, -0.15) is 13.2 Å². The number of benzene rings is 3. The molecule has 0 aliphatic carbocycles.